The van der Waals surface area contributed by atoms with E-state index in [4.69, 9.17) is 21.0 Å². The van der Waals surface area contributed by atoms with E-state index in [9.17, 15) is 4.79 Å². The molecule has 0 bridgehead atoms. The molecule has 8 heteroatoms. The molecule has 1 aliphatic heterocycles. The molecule has 0 aliphatic carbocycles. The SMILES string of the molecule is O=C(NCc1noc(-c2ccccc2)n1)C1CC(c2ccc(Cl)cc2)=NO1. The number of carbonyl (C=O) groups excluding carboxylic acids is 1. The minimum absolute atomic E-state index is 0.144. The highest BCUT2D eigenvalue weighted by Crippen LogP contribution is 2.19. The van der Waals surface area contributed by atoms with E-state index in [1.54, 1.807) is 12.1 Å². The smallest absolute Gasteiger partial charge is 0.264 e. The highest BCUT2D eigenvalue weighted by Gasteiger charge is 2.29. The molecule has 0 saturated heterocycles. The zero-order chi connectivity index (χ0) is 18.6. The van der Waals surface area contributed by atoms with Crippen molar-refractivity contribution in [3.63, 3.8) is 0 Å². The van der Waals surface area contributed by atoms with Gasteiger partial charge in [-0.15, -0.1) is 0 Å². The third-order valence-corrected chi connectivity index (χ3v) is 4.30. The van der Waals surface area contributed by atoms with Gasteiger partial charge in [0.05, 0.1) is 12.3 Å². The number of hydrogen-bond donors (Lipinski definition) is 1. The summed E-state index contributed by atoms with van der Waals surface area (Å²) in [4.78, 5) is 21.8. The molecule has 0 radical (unpaired) electrons. The van der Waals surface area contributed by atoms with Crippen molar-refractivity contribution in [2.75, 3.05) is 0 Å². The first-order valence-corrected chi connectivity index (χ1v) is 8.71. The van der Waals surface area contributed by atoms with Gasteiger partial charge < -0.3 is 14.7 Å². The van der Waals surface area contributed by atoms with Gasteiger partial charge in [0.25, 0.3) is 11.8 Å². The van der Waals surface area contributed by atoms with Crippen LogP contribution in [0.4, 0.5) is 0 Å². The summed E-state index contributed by atoms with van der Waals surface area (Å²) in [6.07, 6.45) is -0.300. The quantitative estimate of drug-likeness (QED) is 0.731. The predicted molar refractivity (Wildman–Crippen MR) is 99.1 cm³/mol. The van der Waals surface area contributed by atoms with Crippen LogP contribution in [-0.4, -0.2) is 27.9 Å². The molecule has 0 fully saturated rings. The van der Waals surface area contributed by atoms with Gasteiger partial charge in [0.2, 0.25) is 6.10 Å². The van der Waals surface area contributed by atoms with Gasteiger partial charge >= 0.3 is 0 Å². The van der Waals surface area contributed by atoms with Crippen molar-refractivity contribution >= 4 is 23.2 Å². The first-order chi connectivity index (χ1) is 13.2. The summed E-state index contributed by atoms with van der Waals surface area (Å²) in [5.41, 5.74) is 2.40. The Labute approximate surface area is 160 Å². The average Bonchev–Trinajstić information content (AvgIpc) is 3.37. The lowest BCUT2D eigenvalue weighted by Gasteiger charge is -2.07. The summed E-state index contributed by atoms with van der Waals surface area (Å²) in [6, 6.07) is 16.7. The van der Waals surface area contributed by atoms with Gasteiger partial charge in [-0.2, -0.15) is 4.98 Å². The first kappa shape index (κ1) is 17.2. The standard InChI is InChI=1S/C19H15ClN4O3/c20-14-8-6-12(7-9-14)15-10-16(26-23-15)18(25)21-11-17-22-19(27-24-17)13-4-2-1-3-5-13/h1-9,16H,10-11H2,(H,21,25). The molecule has 1 aliphatic rings. The molecule has 1 N–H and O–H groups in total. The van der Waals surface area contributed by atoms with Crippen LogP contribution in [0.15, 0.2) is 64.3 Å². The van der Waals surface area contributed by atoms with Crippen LogP contribution in [0.2, 0.25) is 5.02 Å². The zero-order valence-corrected chi connectivity index (χ0v) is 14.9. The lowest BCUT2D eigenvalue weighted by Crippen LogP contribution is -2.34. The Bertz CT molecular complexity index is 970. The Kier molecular flexibility index (Phi) is 4.84. The molecule has 136 valence electrons. The van der Waals surface area contributed by atoms with Crippen molar-refractivity contribution in [2.45, 2.75) is 19.1 Å². The number of carbonyl (C=O) groups is 1. The number of nitrogens with one attached hydrogen (secondary N) is 1. The predicted octanol–water partition coefficient (Wildman–Crippen LogP) is 3.20. The van der Waals surface area contributed by atoms with Crippen LogP contribution in [-0.2, 0) is 16.2 Å². The molecule has 1 unspecified atom stereocenters. The third-order valence-electron chi connectivity index (χ3n) is 4.05. The molecule has 7 nitrogen and oxygen atoms in total. The van der Waals surface area contributed by atoms with E-state index < -0.39 is 6.10 Å². The first-order valence-electron chi connectivity index (χ1n) is 8.33. The Morgan fingerprint density at radius 3 is 2.67 bits per heavy atom. The zero-order valence-electron chi connectivity index (χ0n) is 14.1. The summed E-state index contributed by atoms with van der Waals surface area (Å²) in [5.74, 6) is 0.512. The van der Waals surface area contributed by atoms with Gasteiger partial charge in [-0.25, -0.2) is 0 Å². The largest absolute Gasteiger partial charge is 0.382 e. The number of hydrogen-bond acceptors (Lipinski definition) is 6. The lowest BCUT2D eigenvalue weighted by atomic mass is 10.0. The fourth-order valence-electron chi connectivity index (χ4n) is 2.63. The highest BCUT2D eigenvalue weighted by atomic mass is 35.5. The average molecular weight is 383 g/mol. The molecule has 1 aromatic heterocycles. The van der Waals surface area contributed by atoms with E-state index in [0.717, 1.165) is 11.1 Å². The van der Waals surface area contributed by atoms with Crippen molar-refractivity contribution in [3.05, 3.63) is 71.0 Å². The number of benzene rings is 2. The number of aromatic nitrogens is 2. The number of nitrogens with zero attached hydrogens (tertiary/aromatic N) is 3. The van der Waals surface area contributed by atoms with Gasteiger partial charge in [0, 0.05) is 17.0 Å². The number of amides is 1. The van der Waals surface area contributed by atoms with Crippen LogP contribution < -0.4 is 5.32 Å². The van der Waals surface area contributed by atoms with E-state index in [0.29, 0.717) is 28.9 Å². The van der Waals surface area contributed by atoms with E-state index in [1.807, 2.05) is 42.5 Å². The van der Waals surface area contributed by atoms with E-state index >= 15 is 0 Å². The monoisotopic (exact) mass is 382 g/mol. The molecule has 3 aromatic rings. The molecule has 1 atom stereocenters. The van der Waals surface area contributed by atoms with Crippen molar-refractivity contribution in [1.82, 2.24) is 15.5 Å². The van der Waals surface area contributed by atoms with Crippen LogP contribution in [0.1, 0.15) is 17.8 Å². The molecule has 2 heterocycles. The van der Waals surface area contributed by atoms with Crippen LogP contribution >= 0.6 is 11.6 Å². The second-order valence-electron chi connectivity index (χ2n) is 5.94. The Morgan fingerprint density at radius 2 is 1.89 bits per heavy atom. The number of rotatable bonds is 5. The van der Waals surface area contributed by atoms with E-state index in [-0.39, 0.29) is 12.5 Å². The molecule has 27 heavy (non-hydrogen) atoms. The molecule has 2 aromatic carbocycles. The molecule has 1 amide bonds. The van der Waals surface area contributed by atoms with Crippen LogP contribution in [0.25, 0.3) is 11.5 Å². The lowest BCUT2D eigenvalue weighted by molar-refractivity contribution is -0.131. The summed E-state index contributed by atoms with van der Waals surface area (Å²) < 4.78 is 5.22. The Hall–Kier alpha value is -3.19. The normalized spacial score (nSPS) is 15.9. The minimum Gasteiger partial charge on any atom is -0.382 e. The second-order valence-corrected chi connectivity index (χ2v) is 6.38. The fraction of sp³-hybridized carbons (Fsp3) is 0.158. The fourth-order valence-corrected chi connectivity index (χ4v) is 2.76. The highest BCUT2D eigenvalue weighted by molar-refractivity contribution is 6.30. The van der Waals surface area contributed by atoms with Gasteiger partial charge in [-0.05, 0) is 29.8 Å². The topological polar surface area (TPSA) is 89.6 Å². The molecule has 0 spiro atoms. The summed E-state index contributed by atoms with van der Waals surface area (Å²) in [7, 11) is 0. The molecular weight excluding hydrogens is 368 g/mol. The maximum atomic E-state index is 12.3. The van der Waals surface area contributed by atoms with Crippen molar-refractivity contribution in [1.29, 1.82) is 0 Å². The minimum atomic E-state index is -0.684. The van der Waals surface area contributed by atoms with Crippen LogP contribution in [0.5, 0.6) is 0 Å². The number of oxime groups is 1. The van der Waals surface area contributed by atoms with E-state index in [1.165, 1.54) is 0 Å². The summed E-state index contributed by atoms with van der Waals surface area (Å²) in [5, 5.41) is 11.3. The van der Waals surface area contributed by atoms with Gasteiger partial charge in [0.1, 0.15) is 0 Å². The Morgan fingerprint density at radius 1 is 1.11 bits per heavy atom. The summed E-state index contributed by atoms with van der Waals surface area (Å²) >= 11 is 5.88. The summed E-state index contributed by atoms with van der Waals surface area (Å²) in [6.45, 7) is 0.144. The van der Waals surface area contributed by atoms with Crippen LogP contribution in [0.3, 0.4) is 0 Å². The van der Waals surface area contributed by atoms with Gasteiger partial charge in [0.15, 0.2) is 5.82 Å². The molecular formula is C19H15ClN4O3. The van der Waals surface area contributed by atoms with Crippen molar-refractivity contribution in [2.24, 2.45) is 5.16 Å². The van der Waals surface area contributed by atoms with E-state index in [2.05, 4.69) is 20.6 Å². The maximum absolute atomic E-state index is 12.3. The molecule has 4 rings (SSSR count). The maximum Gasteiger partial charge on any atom is 0.264 e. The Balaban J connectivity index is 1.32. The van der Waals surface area contributed by atoms with Crippen molar-refractivity contribution < 1.29 is 14.2 Å². The third kappa shape index (κ3) is 3.98. The van der Waals surface area contributed by atoms with Gasteiger partial charge in [-0.3, -0.25) is 4.79 Å². The molecule has 0 saturated carbocycles. The second kappa shape index (κ2) is 7.59. The van der Waals surface area contributed by atoms with Gasteiger partial charge in [-0.1, -0.05) is 52.2 Å². The van der Waals surface area contributed by atoms with Crippen LogP contribution in [0, 0.1) is 0 Å². The number of halogens is 1. The van der Waals surface area contributed by atoms with Crippen molar-refractivity contribution in [3.8, 4) is 11.5 Å².